The van der Waals surface area contributed by atoms with Crippen molar-refractivity contribution in [2.24, 2.45) is 0 Å². The minimum atomic E-state index is -0.434. The van der Waals surface area contributed by atoms with E-state index in [1.165, 1.54) is 0 Å². The maximum Gasteiger partial charge on any atom is 0.330 e. The Bertz CT molecular complexity index is 607. The molecule has 0 N–H and O–H groups in total. The highest BCUT2D eigenvalue weighted by atomic mass is 127. The molecule has 0 amide bonds. The standard InChI is InChI=1S/C15H13IO3/c1-2-14(17)18-9-10-19-15-12-6-4-3-5-11(12)7-8-13(15)16/h2-8H,1,9-10H2. The Morgan fingerprint density at radius 3 is 2.79 bits per heavy atom. The lowest BCUT2D eigenvalue weighted by Crippen LogP contribution is -2.10. The van der Waals surface area contributed by atoms with E-state index in [1.54, 1.807) is 0 Å². The third-order valence-electron chi connectivity index (χ3n) is 2.57. The first kappa shape index (κ1) is 13.9. The Labute approximate surface area is 125 Å². The maximum absolute atomic E-state index is 10.9. The first-order valence-corrected chi connectivity index (χ1v) is 6.89. The van der Waals surface area contributed by atoms with Crippen molar-refractivity contribution in [3.63, 3.8) is 0 Å². The molecule has 0 spiro atoms. The second kappa shape index (κ2) is 6.56. The second-order valence-corrected chi connectivity index (χ2v) is 4.98. The van der Waals surface area contributed by atoms with Gasteiger partial charge in [-0.25, -0.2) is 4.79 Å². The van der Waals surface area contributed by atoms with Crippen LogP contribution in [0.15, 0.2) is 49.1 Å². The number of carbonyl (C=O) groups is 1. The molecule has 2 rings (SSSR count). The minimum absolute atomic E-state index is 0.212. The van der Waals surface area contributed by atoms with Crippen LogP contribution in [0.2, 0.25) is 0 Å². The van der Waals surface area contributed by atoms with Crippen LogP contribution in [0.5, 0.6) is 5.75 Å². The smallest absolute Gasteiger partial charge is 0.330 e. The number of ether oxygens (including phenoxy) is 2. The van der Waals surface area contributed by atoms with Crippen molar-refractivity contribution in [3.8, 4) is 5.75 Å². The molecule has 98 valence electrons. The van der Waals surface area contributed by atoms with Gasteiger partial charge in [0.15, 0.2) is 0 Å². The molecule has 0 bridgehead atoms. The summed E-state index contributed by atoms with van der Waals surface area (Å²) in [5.41, 5.74) is 0. The Balaban J connectivity index is 2.09. The first-order valence-electron chi connectivity index (χ1n) is 5.81. The quantitative estimate of drug-likeness (QED) is 0.351. The monoisotopic (exact) mass is 368 g/mol. The van der Waals surface area contributed by atoms with E-state index in [2.05, 4.69) is 35.2 Å². The van der Waals surface area contributed by atoms with Gasteiger partial charge in [0.05, 0.1) is 3.57 Å². The highest BCUT2D eigenvalue weighted by Crippen LogP contribution is 2.30. The molecule has 0 unspecified atom stereocenters. The average Bonchev–Trinajstić information content (AvgIpc) is 2.45. The zero-order chi connectivity index (χ0) is 13.7. The van der Waals surface area contributed by atoms with Crippen molar-refractivity contribution in [1.29, 1.82) is 0 Å². The summed E-state index contributed by atoms with van der Waals surface area (Å²) in [6.45, 7) is 3.87. The molecule has 0 saturated heterocycles. The lowest BCUT2D eigenvalue weighted by molar-refractivity contribution is -0.138. The van der Waals surface area contributed by atoms with Crippen molar-refractivity contribution >= 4 is 39.3 Å². The second-order valence-electron chi connectivity index (χ2n) is 3.82. The van der Waals surface area contributed by atoms with E-state index in [0.29, 0.717) is 6.61 Å². The molecule has 4 heteroatoms. The number of hydrogen-bond acceptors (Lipinski definition) is 3. The van der Waals surface area contributed by atoms with Crippen LogP contribution < -0.4 is 4.74 Å². The van der Waals surface area contributed by atoms with E-state index in [1.807, 2.05) is 30.3 Å². The molecular weight excluding hydrogens is 355 g/mol. The van der Waals surface area contributed by atoms with Crippen LogP contribution in [-0.2, 0) is 9.53 Å². The fourth-order valence-electron chi connectivity index (χ4n) is 1.71. The number of fused-ring (bicyclic) bond motifs is 1. The van der Waals surface area contributed by atoms with Gasteiger partial charge in [0.2, 0.25) is 0 Å². The lowest BCUT2D eigenvalue weighted by atomic mass is 10.1. The molecule has 2 aromatic rings. The fraction of sp³-hybridized carbons (Fsp3) is 0.133. The van der Waals surface area contributed by atoms with Crippen molar-refractivity contribution in [3.05, 3.63) is 52.6 Å². The molecule has 0 atom stereocenters. The van der Waals surface area contributed by atoms with Crippen LogP contribution in [0, 0.1) is 3.57 Å². The van der Waals surface area contributed by atoms with Crippen molar-refractivity contribution in [1.82, 2.24) is 0 Å². The van der Waals surface area contributed by atoms with E-state index >= 15 is 0 Å². The van der Waals surface area contributed by atoms with Gasteiger partial charge in [-0.1, -0.05) is 36.9 Å². The topological polar surface area (TPSA) is 35.5 Å². The van der Waals surface area contributed by atoms with Crippen molar-refractivity contribution in [2.45, 2.75) is 0 Å². The van der Waals surface area contributed by atoms with Crippen LogP contribution in [0.4, 0.5) is 0 Å². The summed E-state index contributed by atoms with van der Waals surface area (Å²) < 4.78 is 11.6. The summed E-state index contributed by atoms with van der Waals surface area (Å²) in [6.07, 6.45) is 1.14. The number of halogens is 1. The Morgan fingerprint density at radius 2 is 2.00 bits per heavy atom. The van der Waals surface area contributed by atoms with Crippen LogP contribution in [0.1, 0.15) is 0 Å². The van der Waals surface area contributed by atoms with Gasteiger partial charge in [-0.2, -0.15) is 0 Å². The molecule has 0 fully saturated rings. The zero-order valence-corrected chi connectivity index (χ0v) is 12.4. The van der Waals surface area contributed by atoms with E-state index in [9.17, 15) is 4.79 Å². The number of hydrogen-bond donors (Lipinski definition) is 0. The third-order valence-corrected chi connectivity index (χ3v) is 3.42. The van der Waals surface area contributed by atoms with Gasteiger partial charge >= 0.3 is 5.97 Å². The van der Waals surface area contributed by atoms with E-state index in [-0.39, 0.29) is 6.61 Å². The fourth-order valence-corrected chi connectivity index (χ4v) is 2.33. The molecule has 0 aliphatic heterocycles. The van der Waals surface area contributed by atoms with Crippen molar-refractivity contribution in [2.75, 3.05) is 13.2 Å². The van der Waals surface area contributed by atoms with Gasteiger partial charge in [0.1, 0.15) is 19.0 Å². The average molecular weight is 368 g/mol. The molecule has 0 heterocycles. The Kier molecular flexibility index (Phi) is 4.79. The first-order chi connectivity index (χ1) is 9.22. The number of benzene rings is 2. The van der Waals surface area contributed by atoms with Crippen molar-refractivity contribution < 1.29 is 14.3 Å². The number of esters is 1. The maximum atomic E-state index is 10.9. The Morgan fingerprint density at radius 1 is 1.21 bits per heavy atom. The van der Waals surface area contributed by atoms with Crippen LogP contribution in [0.3, 0.4) is 0 Å². The molecule has 0 radical (unpaired) electrons. The van der Waals surface area contributed by atoms with Crippen LogP contribution in [-0.4, -0.2) is 19.2 Å². The molecule has 0 saturated carbocycles. The van der Waals surface area contributed by atoms with Gasteiger partial charge in [0, 0.05) is 11.5 Å². The molecular formula is C15H13IO3. The summed E-state index contributed by atoms with van der Waals surface area (Å²) in [5, 5.41) is 2.19. The summed E-state index contributed by atoms with van der Waals surface area (Å²) in [7, 11) is 0. The molecule has 0 aromatic heterocycles. The van der Waals surface area contributed by atoms with Crippen LogP contribution in [0.25, 0.3) is 10.8 Å². The van der Waals surface area contributed by atoms with E-state index in [0.717, 1.165) is 26.2 Å². The van der Waals surface area contributed by atoms with E-state index < -0.39 is 5.97 Å². The highest BCUT2D eigenvalue weighted by molar-refractivity contribution is 14.1. The zero-order valence-electron chi connectivity index (χ0n) is 10.3. The minimum Gasteiger partial charge on any atom is -0.488 e. The van der Waals surface area contributed by atoms with Crippen LogP contribution >= 0.6 is 22.6 Å². The van der Waals surface area contributed by atoms with Gasteiger partial charge in [-0.3, -0.25) is 0 Å². The largest absolute Gasteiger partial charge is 0.488 e. The molecule has 0 aliphatic rings. The predicted octanol–water partition coefficient (Wildman–Crippen LogP) is 3.55. The molecule has 3 nitrogen and oxygen atoms in total. The SMILES string of the molecule is C=CC(=O)OCCOc1c(I)ccc2ccccc12. The summed E-state index contributed by atoms with van der Waals surface area (Å²) >= 11 is 2.23. The Hall–Kier alpha value is -1.56. The van der Waals surface area contributed by atoms with Gasteiger partial charge < -0.3 is 9.47 Å². The lowest BCUT2D eigenvalue weighted by Gasteiger charge is -2.11. The summed E-state index contributed by atoms with van der Waals surface area (Å²) in [6, 6.07) is 12.1. The molecule has 2 aromatic carbocycles. The molecule has 0 aliphatic carbocycles. The third kappa shape index (κ3) is 3.47. The molecule has 19 heavy (non-hydrogen) atoms. The van der Waals surface area contributed by atoms with Gasteiger partial charge in [-0.05, 0) is 34.0 Å². The number of rotatable bonds is 5. The van der Waals surface area contributed by atoms with Gasteiger partial charge in [0.25, 0.3) is 0 Å². The number of carbonyl (C=O) groups excluding carboxylic acids is 1. The normalized spacial score (nSPS) is 10.2. The summed E-state index contributed by atoms with van der Waals surface area (Å²) in [5.74, 6) is 0.393. The highest BCUT2D eigenvalue weighted by Gasteiger charge is 2.07. The van der Waals surface area contributed by atoms with E-state index in [4.69, 9.17) is 9.47 Å². The summed E-state index contributed by atoms with van der Waals surface area (Å²) in [4.78, 5) is 10.9. The van der Waals surface area contributed by atoms with Gasteiger partial charge in [-0.15, -0.1) is 0 Å². The predicted molar refractivity (Wildman–Crippen MR) is 83.3 cm³/mol.